The molecule has 20 heavy (non-hydrogen) atoms. The van der Waals surface area contributed by atoms with Crippen molar-refractivity contribution in [1.82, 2.24) is 4.90 Å². The zero-order chi connectivity index (χ0) is 15.2. The zero-order valence-corrected chi connectivity index (χ0v) is 11.7. The first-order valence-corrected chi connectivity index (χ1v) is 6.58. The number of carbonyl (C=O) groups excluding carboxylic acids is 1. The molecule has 0 aromatic carbocycles. The Kier molecular flexibility index (Phi) is 3.39. The number of rotatable bonds is 2. The van der Waals surface area contributed by atoms with Crippen molar-refractivity contribution in [3.8, 4) is 0 Å². The van der Waals surface area contributed by atoms with Crippen LogP contribution in [0.1, 0.15) is 33.6 Å². The highest BCUT2D eigenvalue weighted by Gasteiger charge is 2.58. The first kappa shape index (κ1) is 14.6. The molecule has 2 fully saturated rings. The van der Waals surface area contributed by atoms with E-state index in [1.807, 2.05) is 0 Å². The monoisotopic (exact) mass is 285 g/mol. The van der Waals surface area contributed by atoms with Crippen LogP contribution in [0, 0.1) is 11.8 Å². The molecule has 1 saturated carbocycles. The van der Waals surface area contributed by atoms with Crippen LogP contribution >= 0.6 is 0 Å². The number of nitrogens with zero attached hydrogens (tertiary/aromatic N) is 1. The van der Waals surface area contributed by atoms with Crippen molar-refractivity contribution >= 4 is 18.0 Å². The van der Waals surface area contributed by atoms with Crippen LogP contribution in [0.2, 0.25) is 0 Å². The van der Waals surface area contributed by atoms with Crippen molar-refractivity contribution in [3.63, 3.8) is 0 Å². The van der Waals surface area contributed by atoms with E-state index in [0.29, 0.717) is 12.8 Å². The summed E-state index contributed by atoms with van der Waals surface area (Å²) in [5.41, 5.74) is -0.714. The van der Waals surface area contributed by atoms with Gasteiger partial charge in [0, 0.05) is 12.0 Å². The Morgan fingerprint density at radius 1 is 1.10 bits per heavy atom. The average molecular weight is 285 g/mol. The molecule has 0 radical (unpaired) electrons. The molecule has 2 bridgehead atoms. The summed E-state index contributed by atoms with van der Waals surface area (Å²) >= 11 is 0. The summed E-state index contributed by atoms with van der Waals surface area (Å²) in [5, 5.41) is 18.4. The van der Waals surface area contributed by atoms with Crippen LogP contribution in [0.25, 0.3) is 0 Å². The van der Waals surface area contributed by atoms with Crippen LogP contribution in [0.5, 0.6) is 0 Å². The molecule has 4 atom stereocenters. The van der Waals surface area contributed by atoms with E-state index in [1.165, 1.54) is 4.90 Å². The Labute approximate surface area is 116 Å². The van der Waals surface area contributed by atoms with Crippen LogP contribution in [0.4, 0.5) is 4.79 Å². The van der Waals surface area contributed by atoms with Crippen molar-refractivity contribution < 1.29 is 29.3 Å². The van der Waals surface area contributed by atoms with E-state index < -0.39 is 41.5 Å². The first-order chi connectivity index (χ1) is 9.11. The summed E-state index contributed by atoms with van der Waals surface area (Å²) in [5.74, 6) is -3.40. The molecule has 0 aromatic heterocycles. The largest absolute Gasteiger partial charge is 0.481 e. The summed E-state index contributed by atoms with van der Waals surface area (Å²) in [6, 6.07) is -1.47. The lowest BCUT2D eigenvalue weighted by Gasteiger charge is -2.36. The van der Waals surface area contributed by atoms with Gasteiger partial charge < -0.3 is 14.9 Å². The zero-order valence-electron chi connectivity index (χ0n) is 11.7. The maximum absolute atomic E-state index is 12.1. The van der Waals surface area contributed by atoms with E-state index in [4.69, 9.17) is 9.84 Å². The minimum Gasteiger partial charge on any atom is -0.481 e. The topological polar surface area (TPSA) is 104 Å². The minimum absolute atomic E-state index is 0.295. The molecule has 0 aromatic rings. The van der Waals surface area contributed by atoms with Crippen molar-refractivity contribution in [2.75, 3.05) is 0 Å². The lowest BCUT2D eigenvalue weighted by Crippen LogP contribution is -2.53. The number of hydrogen-bond acceptors (Lipinski definition) is 4. The molecule has 1 aliphatic heterocycles. The average Bonchev–Trinajstić information content (AvgIpc) is 2.82. The summed E-state index contributed by atoms with van der Waals surface area (Å²) in [4.78, 5) is 35.9. The van der Waals surface area contributed by atoms with E-state index in [9.17, 15) is 19.5 Å². The highest BCUT2D eigenvalue weighted by Crippen LogP contribution is 2.47. The van der Waals surface area contributed by atoms with Gasteiger partial charge >= 0.3 is 18.0 Å². The van der Waals surface area contributed by atoms with Gasteiger partial charge in [0.1, 0.15) is 11.6 Å². The maximum Gasteiger partial charge on any atom is 0.411 e. The van der Waals surface area contributed by atoms with Gasteiger partial charge in [-0.15, -0.1) is 0 Å². The molecule has 7 nitrogen and oxygen atoms in total. The molecule has 2 rings (SSSR count). The fourth-order valence-corrected chi connectivity index (χ4v) is 3.22. The fraction of sp³-hybridized carbons (Fsp3) is 0.769. The third-order valence-corrected chi connectivity index (χ3v) is 3.86. The molecule has 1 amide bonds. The molecule has 7 heteroatoms. The van der Waals surface area contributed by atoms with E-state index in [0.717, 1.165) is 0 Å². The van der Waals surface area contributed by atoms with E-state index in [1.54, 1.807) is 20.8 Å². The molecule has 2 N–H and O–H groups in total. The molecular formula is C13H19NO6. The van der Waals surface area contributed by atoms with Crippen molar-refractivity contribution in [2.45, 2.75) is 51.3 Å². The van der Waals surface area contributed by atoms with Gasteiger partial charge in [0.15, 0.2) is 0 Å². The fourth-order valence-electron chi connectivity index (χ4n) is 3.22. The second kappa shape index (κ2) is 4.64. The third-order valence-electron chi connectivity index (χ3n) is 3.86. The lowest BCUT2D eigenvalue weighted by molar-refractivity contribution is -0.151. The van der Waals surface area contributed by atoms with Crippen LogP contribution < -0.4 is 0 Å². The lowest BCUT2D eigenvalue weighted by atomic mass is 9.88. The summed E-state index contributed by atoms with van der Waals surface area (Å²) < 4.78 is 5.23. The van der Waals surface area contributed by atoms with Gasteiger partial charge in [0.25, 0.3) is 0 Å². The Morgan fingerprint density at radius 2 is 1.70 bits per heavy atom. The number of hydrogen-bond donors (Lipinski definition) is 2. The van der Waals surface area contributed by atoms with Crippen molar-refractivity contribution in [1.29, 1.82) is 0 Å². The van der Waals surface area contributed by atoms with Gasteiger partial charge in [-0.2, -0.15) is 0 Å². The predicted octanol–water partition coefficient (Wildman–Crippen LogP) is 1.17. The molecule has 0 unspecified atom stereocenters. The number of amides is 1. The highest BCUT2D eigenvalue weighted by molar-refractivity contribution is 5.84. The van der Waals surface area contributed by atoms with Gasteiger partial charge in [-0.05, 0) is 33.6 Å². The van der Waals surface area contributed by atoms with Gasteiger partial charge in [-0.1, -0.05) is 0 Å². The maximum atomic E-state index is 12.1. The standard InChI is InChI=1S/C13H19NO6/c1-13(2,3)20-12(19)14-6-4-7(9(14)11(17)18)8(5-6)10(15)16/h6-9H,4-5H2,1-3H3,(H,15,16)(H,17,18)/t6-,7+,8-,9-/m0/s1. The number of ether oxygens (including phenoxy) is 1. The molecule has 2 aliphatic rings. The Morgan fingerprint density at radius 3 is 2.15 bits per heavy atom. The quantitative estimate of drug-likeness (QED) is 0.789. The third kappa shape index (κ3) is 2.44. The summed E-state index contributed by atoms with van der Waals surface area (Å²) in [6.45, 7) is 5.11. The molecular weight excluding hydrogens is 266 g/mol. The smallest absolute Gasteiger partial charge is 0.411 e. The van der Waals surface area contributed by atoms with Gasteiger partial charge in [0.2, 0.25) is 0 Å². The van der Waals surface area contributed by atoms with Gasteiger partial charge in [-0.25, -0.2) is 9.59 Å². The molecule has 112 valence electrons. The minimum atomic E-state index is -1.17. The van der Waals surface area contributed by atoms with Crippen LogP contribution in [0.15, 0.2) is 0 Å². The van der Waals surface area contributed by atoms with Crippen molar-refractivity contribution in [2.24, 2.45) is 11.8 Å². The van der Waals surface area contributed by atoms with Gasteiger partial charge in [0.05, 0.1) is 5.92 Å². The van der Waals surface area contributed by atoms with Gasteiger partial charge in [-0.3, -0.25) is 9.69 Å². The second-order valence-corrected chi connectivity index (χ2v) is 6.40. The first-order valence-electron chi connectivity index (χ1n) is 6.58. The SMILES string of the molecule is CC(C)(C)OC(=O)N1[C@H]2C[C@H]([C@@H](C(=O)O)C2)[C@H]1C(=O)O. The number of likely N-dealkylation sites (tertiary alicyclic amines) is 1. The number of carboxylic acids is 2. The van der Waals surface area contributed by atoms with Crippen LogP contribution in [-0.2, 0) is 14.3 Å². The summed E-state index contributed by atoms with van der Waals surface area (Å²) in [6.07, 6.45) is 0.0252. The number of carboxylic acid groups (broad SMARTS) is 2. The second-order valence-electron chi connectivity index (χ2n) is 6.40. The normalized spacial score (nSPS) is 32.2. The number of aliphatic carboxylic acids is 2. The Bertz CT molecular complexity index is 454. The summed E-state index contributed by atoms with van der Waals surface area (Å²) in [7, 11) is 0. The molecule has 0 spiro atoms. The molecule has 1 saturated heterocycles. The van der Waals surface area contributed by atoms with Crippen molar-refractivity contribution in [3.05, 3.63) is 0 Å². The van der Waals surface area contributed by atoms with E-state index >= 15 is 0 Å². The molecule has 1 aliphatic carbocycles. The number of carbonyl (C=O) groups is 3. The number of fused-ring (bicyclic) bond motifs is 2. The predicted molar refractivity (Wildman–Crippen MR) is 67.1 cm³/mol. The van der Waals surface area contributed by atoms with E-state index in [-0.39, 0.29) is 6.04 Å². The van der Waals surface area contributed by atoms with Crippen LogP contribution in [0.3, 0.4) is 0 Å². The Balaban J connectivity index is 2.21. The van der Waals surface area contributed by atoms with Crippen LogP contribution in [-0.4, -0.2) is 50.8 Å². The highest BCUT2D eigenvalue weighted by atomic mass is 16.6. The number of piperidine rings is 1. The van der Waals surface area contributed by atoms with E-state index in [2.05, 4.69) is 0 Å². The Hall–Kier alpha value is -1.79. The molecule has 1 heterocycles.